The molecule has 0 spiro atoms. The highest BCUT2D eigenvalue weighted by molar-refractivity contribution is 5.72. The van der Waals surface area contributed by atoms with Gasteiger partial charge in [0.1, 0.15) is 24.2 Å². The lowest BCUT2D eigenvalue weighted by molar-refractivity contribution is -0.183. The van der Waals surface area contributed by atoms with Crippen LogP contribution in [0.1, 0.15) is 25.3 Å². The summed E-state index contributed by atoms with van der Waals surface area (Å²) in [6.07, 6.45) is 0.931. The number of aromatic nitrogens is 4. The highest BCUT2D eigenvalue weighted by Gasteiger charge is 2.35. The lowest BCUT2D eigenvalue weighted by Crippen LogP contribution is -2.45. The molecule has 1 aliphatic rings. The summed E-state index contributed by atoms with van der Waals surface area (Å²) in [4.78, 5) is 12.6. The number of hydrogen-bond donors (Lipinski definition) is 2. The Morgan fingerprint density at radius 3 is 2.84 bits per heavy atom. The molecule has 2 aromatic heterocycles. The van der Waals surface area contributed by atoms with Crippen LogP contribution in [0.3, 0.4) is 0 Å². The fraction of sp³-hybridized carbons (Fsp3) is 0.583. The standard InChI is InChI=1S/C12H16N4O3/c1-6-10-12(14-4-13-6)16(5-15-10)9-3-8(17)11(18)7(2)19-9/h4-5,7-9,11,17-18H,3H2,1-2H3/t7-,8+,9-,11-/m1/s1. The van der Waals surface area contributed by atoms with Crippen molar-refractivity contribution < 1.29 is 14.9 Å². The first-order valence-corrected chi connectivity index (χ1v) is 6.23. The molecule has 3 rings (SSSR count). The third kappa shape index (κ3) is 1.99. The molecule has 2 aromatic rings. The van der Waals surface area contributed by atoms with Crippen LogP contribution in [0.25, 0.3) is 11.2 Å². The maximum absolute atomic E-state index is 9.85. The molecule has 7 heteroatoms. The molecule has 3 heterocycles. The maximum atomic E-state index is 9.85. The summed E-state index contributed by atoms with van der Waals surface area (Å²) >= 11 is 0. The molecule has 1 saturated heterocycles. The first-order valence-electron chi connectivity index (χ1n) is 6.23. The summed E-state index contributed by atoms with van der Waals surface area (Å²) in [7, 11) is 0. The molecule has 1 fully saturated rings. The van der Waals surface area contributed by atoms with Gasteiger partial charge in [0.15, 0.2) is 5.65 Å². The Kier molecular flexibility index (Phi) is 2.96. The van der Waals surface area contributed by atoms with Crippen LogP contribution in [0.5, 0.6) is 0 Å². The van der Waals surface area contributed by atoms with Gasteiger partial charge in [0.25, 0.3) is 0 Å². The van der Waals surface area contributed by atoms with E-state index in [9.17, 15) is 10.2 Å². The highest BCUT2D eigenvalue weighted by atomic mass is 16.5. The summed E-state index contributed by atoms with van der Waals surface area (Å²) in [6.45, 7) is 3.60. The van der Waals surface area contributed by atoms with E-state index in [0.717, 1.165) is 11.2 Å². The summed E-state index contributed by atoms with van der Waals surface area (Å²) < 4.78 is 7.49. The maximum Gasteiger partial charge on any atom is 0.165 e. The number of rotatable bonds is 1. The quantitative estimate of drug-likeness (QED) is 0.762. The Morgan fingerprint density at radius 1 is 1.32 bits per heavy atom. The number of imidazole rings is 1. The number of nitrogens with zero attached hydrogens (tertiary/aromatic N) is 4. The van der Waals surface area contributed by atoms with Crippen LogP contribution in [0, 0.1) is 6.92 Å². The molecule has 0 radical (unpaired) electrons. The fourth-order valence-electron chi connectivity index (χ4n) is 2.40. The van der Waals surface area contributed by atoms with Crippen LogP contribution < -0.4 is 0 Å². The third-order valence-electron chi connectivity index (χ3n) is 3.54. The summed E-state index contributed by atoms with van der Waals surface area (Å²) in [5.41, 5.74) is 2.20. The van der Waals surface area contributed by atoms with Crippen LogP contribution >= 0.6 is 0 Å². The molecule has 0 bridgehead atoms. The van der Waals surface area contributed by atoms with Gasteiger partial charge in [0, 0.05) is 6.42 Å². The van der Waals surface area contributed by atoms with Crippen LogP contribution in [-0.2, 0) is 4.74 Å². The Balaban J connectivity index is 1.99. The molecule has 2 N–H and O–H groups in total. The Morgan fingerprint density at radius 2 is 2.11 bits per heavy atom. The fourth-order valence-corrected chi connectivity index (χ4v) is 2.40. The normalized spacial score (nSPS) is 31.8. The smallest absolute Gasteiger partial charge is 0.165 e. The molecule has 1 aliphatic heterocycles. The number of aliphatic hydroxyl groups excluding tert-OH is 2. The van der Waals surface area contributed by atoms with Crippen molar-refractivity contribution in [2.75, 3.05) is 0 Å². The van der Waals surface area contributed by atoms with E-state index in [2.05, 4.69) is 15.0 Å². The molecule has 19 heavy (non-hydrogen) atoms. The number of hydrogen-bond acceptors (Lipinski definition) is 6. The Hall–Kier alpha value is -1.57. The van der Waals surface area contributed by atoms with Crippen molar-refractivity contribution >= 4 is 11.2 Å². The van der Waals surface area contributed by atoms with Gasteiger partial charge >= 0.3 is 0 Å². The van der Waals surface area contributed by atoms with Crippen molar-refractivity contribution in [2.45, 2.75) is 44.8 Å². The average Bonchev–Trinajstić information content (AvgIpc) is 2.80. The van der Waals surface area contributed by atoms with Gasteiger partial charge in [-0.25, -0.2) is 15.0 Å². The Bertz CT molecular complexity index is 588. The predicted octanol–water partition coefficient (Wildman–Crippen LogP) is 0.164. The molecule has 0 aromatic carbocycles. The molecule has 102 valence electrons. The van der Waals surface area contributed by atoms with Gasteiger partial charge in [-0.1, -0.05) is 0 Å². The Labute approximate surface area is 109 Å². The second kappa shape index (κ2) is 4.52. The van der Waals surface area contributed by atoms with Crippen LogP contribution in [0.4, 0.5) is 0 Å². The van der Waals surface area contributed by atoms with E-state index in [-0.39, 0.29) is 6.23 Å². The van der Waals surface area contributed by atoms with Crippen molar-refractivity contribution in [3.63, 3.8) is 0 Å². The zero-order valence-corrected chi connectivity index (χ0v) is 10.8. The van der Waals surface area contributed by atoms with E-state index in [1.165, 1.54) is 6.33 Å². The number of fused-ring (bicyclic) bond motifs is 1. The third-order valence-corrected chi connectivity index (χ3v) is 3.54. The second-order valence-electron chi connectivity index (χ2n) is 4.87. The molecule has 0 aliphatic carbocycles. The zero-order valence-electron chi connectivity index (χ0n) is 10.8. The van der Waals surface area contributed by atoms with Gasteiger partial charge < -0.3 is 14.9 Å². The molecular weight excluding hydrogens is 248 g/mol. The van der Waals surface area contributed by atoms with Gasteiger partial charge in [0.2, 0.25) is 0 Å². The van der Waals surface area contributed by atoms with E-state index in [1.807, 2.05) is 6.92 Å². The summed E-state index contributed by atoms with van der Waals surface area (Å²) in [5.74, 6) is 0. The SMILES string of the molecule is Cc1ncnc2c1ncn2[C@H]1C[C@H](O)[C@H](O)[C@@H](C)O1. The van der Waals surface area contributed by atoms with Crippen molar-refractivity contribution in [1.29, 1.82) is 0 Å². The minimum atomic E-state index is -0.859. The molecular formula is C12H16N4O3. The van der Waals surface area contributed by atoms with Gasteiger partial charge in [-0.3, -0.25) is 4.57 Å². The van der Waals surface area contributed by atoms with Crippen molar-refractivity contribution in [2.24, 2.45) is 0 Å². The van der Waals surface area contributed by atoms with Crippen molar-refractivity contribution in [3.05, 3.63) is 18.3 Å². The molecule has 7 nitrogen and oxygen atoms in total. The molecule has 0 amide bonds. The summed E-state index contributed by atoms with van der Waals surface area (Å²) in [6, 6.07) is 0. The van der Waals surface area contributed by atoms with Gasteiger partial charge in [-0.05, 0) is 13.8 Å². The van der Waals surface area contributed by atoms with Crippen molar-refractivity contribution in [3.8, 4) is 0 Å². The van der Waals surface area contributed by atoms with E-state index in [0.29, 0.717) is 12.1 Å². The average molecular weight is 264 g/mol. The van der Waals surface area contributed by atoms with Gasteiger partial charge in [-0.2, -0.15) is 0 Å². The van der Waals surface area contributed by atoms with Gasteiger partial charge in [-0.15, -0.1) is 0 Å². The molecule has 0 saturated carbocycles. The minimum Gasteiger partial charge on any atom is -0.390 e. The number of aliphatic hydroxyl groups is 2. The minimum absolute atomic E-state index is 0.306. The largest absolute Gasteiger partial charge is 0.390 e. The molecule has 4 atom stereocenters. The second-order valence-corrected chi connectivity index (χ2v) is 4.87. The summed E-state index contributed by atoms with van der Waals surface area (Å²) in [5, 5.41) is 19.5. The van der Waals surface area contributed by atoms with E-state index >= 15 is 0 Å². The van der Waals surface area contributed by atoms with E-state index < -0.39 is 18.3 Å². The van der Waals surface area contributed by atoms with E-state index in [1.54, 1.807) is 17.8 Å². The zero-order chi connectivity index (χ0) is 13.6. The monoisotopic (exact) mass is 264 g/mol. The number of ether oxygens (including phenoxy) is 1. The first kappa shape index (κ1) is 12.5. The lowest BCUT2D eigenvalue weighted by atomic mass is 10.0. The van der Waals surface area contributed by atoms with E-state index in [4.69, 9.17) is 4.74 Å². The predicted molar refractivity (Wildman–Crippen MR) is 66.3 cm³/mol. The number of aryl methyl sites for hydroxylation is 1. The van der Waals surface area contributed by atoms with Crippen LogP contribution in [0.15, 0.2) is 12.7 Å². The van der Waals surface area contributed by atoms with Crippen LogP contribution in [0.2, 0.25) is 0 Å². The van der Waals surface area contributed by atoms with Gasteiger partial charge in [0.05, 0.1) is 24.2 Å². The first-order chi connectivity index (χ1) is 9.08. The van der Waals surface area contributed by atoms with Crippen LogP contribution in [-0.4, -0.2) is 48.0 Å². The topological polar surface area (TPSA) is 93.3 Å². The highest BCUT2D eigenvalue weighted by Crippen LogP contribution is 2.29. The lowest BCUT2D eigenvalue weighted by Gasteiger charge is -2.35. The van der Waals surface area contributed by atoms with Crippen molar-refractivity contribution in [1.82, 2.24) is 19.5 Å². The molecule has 0 unspecified atom stereocenters.